The van der Waals surface area contributed by atoms with Gasteiger partial charge >= 0.3 is 5.97 Å². The van der Waals surface area contributed by atoms with Gasteiger partial charge in [-0.15, -0.1) is 11.3 Å². The molecular weight excluding hydrogens is 392 g/mol. The lowest BCUT2D eigenvalue weighted by Crippen LogP contribution is -2.50. The summed E-state index contributed by atoms with van der Waals surface area (Å²) in [5.74, 6) is 0.695. The molecule has 1 saturated carbocycles. The van der Waals surface area contributed by atoms with E-state index in [0.29, 0.717) is 39.6 Å². The lowest BCUT2D eigenvalue weighted by molar-refractivity contribution is -0.134. The van der Waals surface area contributed by atoms with Crippen molar-refractivity contribution in [1.82, 2.24) is 19.8 Å². The van der Waals surface area contributed by atoms with Crippen LogP contribution in [0.3, 0.4) is 0 Å². The number of aryl methyl sites for hydroxylation is 1. The second-order valence-electron chi connectivity index (χ2n) is 7.72. The number of hydrogen-bond donors (Lipinski definition) is 1. The summed E-state index contributed by atoms with van der Waals surface area (Å²) < 4.78 is 5.09. The number of fused-ring (bicyclic) bond motifs is 1. The van der Waals surface area contributed by atoms with Crippen LogP contribution in [0.15, 0.2) is 4.79 Å². The Balaban J connectivity index is 1.53. The van der Waals surface area contributed by atoms with Gasteiger partial charge in [-0.1, -0.05) is 0 Å². The molecule has 4 rings (SSSR count). The molecule has 1 saturated heterocycles. The SMILES string of the molecule is CCOC(=O)c1sc2nc(C(C)N3CCN(C(=O)C4CC4)CC3)[nH]c(=O)c2c1C. The van der Waals surface area contributed by atoms with E-state index < -0.39 is 5.97 Å². The number of carbonyl (C=O) groups excluding carboxylic acids is 2. The molecule has 29 heavy (non-hydrogen) atoms. The fraction of sp³-hybridized carbons (Fsp3) is 0.600. The van der Waals surface area contributed by atoms with Gasteiger partial charge in [-0.2, -0.15) is 0 Å². The number of piperazine rings is 1. The Kier molecular flexibility index (Phi) is 5.44. The number of thiophene rings is 1. The van der Waals surface area contributed by atoms with Crippen molar-refractivity contribution in [3.05, 3.63) is 26.6 Å². The molecule has 0 radical (unpaired) electrons. The highest BCUT2D eigenvalue weighted by molar-refractivity contribution is 7.20. The number of aromatic amines is 1. The Labute approximate surface area is 172 Å². The number of amides is 1. The molecule has 2 aromatic rings. The number of rotatable bonds is 5. The summed E-state index contributed by atoms with van der Waals surface area (Å²) >= 11 is 1.20. The number of esters is 1. The molecule has 9 heteroatoms. The van der Waals surface area contributed by atoms with Gasteiger partial charge in [0.2, 0.25) is 5.91 Å². The van der Waals surface area contributed by atoms with Crippen LogP contribution in [0.5, 0.6) is 0 Å². The first-order valence-corrected chi connectivity index (χ1v) is 11.0. The number of H-pyrrole nitrogens is 1. The minimum Gasteiger partial charge on any atom is -0.462 e. The third-order valence-corrected chi connectivity index (χ3v) is 6.94. The van der Waals surface area contributed by atoms with Crippen LogP contribution in [0, 0.1) is 12.8 Å². The monoisotopic (exact) mass is 418 g/mol. The summed E-state index contributed by atoms with van der Waals surface area (Å²) in [6.45, 7) is 8.71. The molecule has 3 heterocycles. The maximum atomic E-state index is 12.7. The van der Waals surface area contributed by atoms with Crippen molar-refractivity contribution in [2.45, 2.75) is 39.7 Å². The minimum atomic E-state index is -0.418. The molecule has 2 fully saturated rings. The molecule has 1 unspecified atom stereocenters. The summed E-state index contributed by atoms with van der Waals surface area (Å²) in [7, 11) is 0. The zero-order valence-electron chi connectivity index (χ0n) is 17.0. The summed E-state index contributed by atoms with van der Waals surface area (Å²) in [4.78, 5) is 49.8. The van der Waals surface area contributed by atoms with E-state index in [0.717, 1.165) is 25.9 Å². The van der Waals surface area contributed by atoms with Gasteiger partial charge in [-0.3, -0.25) is 14.5 Å². The lowest BCUT2D eigenvalue weighted by atomic mass is 10.2. The standard InChI is InChI=1S/C20H26N4O4S/c1-4-28-20(27)15-11(2)14-17(25)21-16(22-18(14)29-15)12(3)23-7-9-24(10-8-23)19(26)13-5-6-13/h12-13H,4-10H2,1-3H3,(H,21,22,25). The van der Waals surface area contributed by atoms with Gasteiger partial charge in [0, 0.05) is 32.1 Å². The van der Waals surface area contributed by atoms with Crippen molar-refractivity contribution in [1.29, 1.82) is 0 Å². The van der Waals surface area contributed by atoms with Crippen molar-refractivity contribution < 1.29 is 14.3 Å². The molecule has 2 aliphatic rings. The molecule has 8 nitrogen and oxygen atoms in total. The van der Waals surface area contributed by atoms with Crippen LogP contribution < -0.4 is 5.56 Å². The van der Waals surface area contributed by atoms with Crippen LogP contribution in [0.1, 0.15) is 53.8 Å². The van der Waals surface area contributed by atoms with Crippen LogP contribution in [0.2, 0.25) is 0 Å². The third-order valence-electron chi connectivity index (χ3n) is 5.78. The molecule has 1 aliphatic heterocycles. The second kappa shape index (κ2) is 7.87. The highest BCUT2D eigenvalue weighted by atomic mass is 32.1. The summed E-state index contributed by atoms with van der Waals surface area (Å²) in [6, 6.07) is -0.0845. The highest BCUT2D eigenvalue weighted by Gasteiger charge is 2.35. The topological polar surface area (TPSA) is 95.6 Å². The summed E-state index contributed by atoms with van der Waals surface area (Å²) in [5, 5.41) is 0.453. The van der Waals surface area contributed by atoms with E-state index in [1.54, 1.807) is 13.8 Å². The zero-order chi connectivity index (χ0) is 20.7. The van der Waals surface area contributed by atoms with Crippen LogP contribution >= 0.6 is 11.3 Å². The van der Waals surface area contributed by atoms with Crippen LogP contribution in [0.4, 0.5) is 0 Å². The summed E-state index contributed by atoms with van der Waals surface area (Å²) in [6.07, 6.45) is 2.04. The van der Waals surface area contributed by atoms with E-state index in [2.05, 4.69) is 14.9 Å². The van der Waals surface area contributed by atoms with Gasteiger partial charge in [-0.05, 0) is 39.2 Å². The first-order chi connectivity index (χ1) is 13.9. The fourth-order valence-corrected chi connectivity index (χ4v) is 4.92. The third kappa shape index (κ3) is 3.81. The van der Waals surface area contributed by atoms with E-state index in [4.69, 9.17) is 4.74 Å². The van der Waals surface area contributed by atoms with Gasteiger partial charge in [-0.25, -0.2) is 9.78 Å². The normalized spacial score (nSPS) is 18.8. The van der Waals surface area contributed by atoms with Crippen LogP contribution in [-0.2, 0) is 9.53 Å². The first-order valence-electron chi connectivity index (χ1n) is 10.1. The van der Waals surface area contributed by atoms with E-state index >= 15 is 0 Å². The number of nitrogens with zero attached hydrogens (tertiary/aromatic N) is 3. The van der Waals surface area contributed by atoms with Gasteiger partial charge in [0.15, 0.2) is 0 Å². The van der Waals surface area contributed by atoms with Crippen molar-refractivity contribution >= 4 is 33.4 Å². The molecule has 0 bridgehead atoms. The fourth-order valence-electron chi connectivity index (χ4n) is 3.84. The number of aromatic nitrogens is 2. The maximum absolute atomic E-state index is 12.7. The highest BCUT2D eigenvalue weighted by Crippen LogP contribution is 2.32. The molecular formula is C20H26N4O4S. The van der Waals surface area contributed by atoms with E-state index in [9.17, 15) is 14.4 Å². The summed E-state index contributed by atoms with van der Waals surface area (Å²) in [5.41, 5.74) is 0.382. The zero-order valence-corrected chi connectivity index (χ0v) is 17.8. The average Bonchev–Trinajstić information content (AvgIpc) is 3.50. The van der Waals surface area contributed by atoms with Gasteiger partial charge in [0.05, 0.1) is 18.0 Å². The van der Waals surface area contributed by atoms with Crippen molar-refractivity contribution in [2.75, 3.05) is 32.8 Å². The molecule has 156 valence electrons. The Morgan fingerprint density at radius 2 is 1.97 bits per heavy atom. The first kappa shape index (κ1) is 20.0. The van der Waals surface area contributed by atoms with Gasteiger partial charge in [0.25, 0.3) is 5.56 Å². The predicted octanol–water partition coefficient (Wildman–Crippen LogP) is 2.08. The predicted molar refractivity (Wildman–Crippen MR) is 110 cm³/mol. The van der Waals surface area contributed by atoms with Gasteiger partial charge < -0.3 is 14.6 Å². The molecule has 1 amide bonds. The van der Waals surface area contributed by atoms with Crippen molar-refractivity contribution in [2.24, 2.45) is 5.92 Å². The van der Waals surface area contributed by atoms with Gasteiger partial charge in [0.1, 0.15) is 15.5 Å². The van der Waals surface area contributed by atoms with Crippen LogP contribution in [0.25, 0.3) is 10.2 Å². The lowest BCUT2D eigenvalue weighted by Gasteiger charge is -2.37. The number of hydrogen-bond acceptors (Lipinski definition) is 7. The van der Waals surface area contributed by atoms with E-state index in [-0.39, 0.29) is 30.0 Å². The quantitative estimate of drug-likeness (QED) is 0.747. The molecule has 2 aromatic heterocycles. The number of nitrogens with one attached hydrogen (secondary N) is 1. The molecule has 1 aliphatic carbocycles. The van der Waals surface area contributed by atoms with E-state index in [1.165, 1.54) is 11.3 Å². The minimum absolute atomic E-state index is 0.0845. The number of ether oxygens (including phenoxy) is 1. The van der Waals surface area contributed by atoms with E-state index in [1.807, 2.05) is 11.8 Å². The Bertz CT molecular complexity index is 1000. The molecule has 0 spiro atoms. The van der Waals surface area contributed by atoms with Crippen LogP contribution in [-0.4, -0.2) is 64.4 Å². The maximum Gasteiger partial charge on any atom is 0.348 e. The van der Waals surface area contributed by atoms with Crippen molar-refractivity contribution in [3.63, 3.8) is 0 Å². The average molecular weight is 419 g/mol. The Morgan fingerprint density at radius 1 is 1.28 bits per heavy atom. The largest absolute Gasteiger partial charge is 0.462 e. The van der Waals surface area contributed by atoms with Crippen molar-refractivity contribution in [3.8, 4) is 0 Å². The number of carbonyl (C=O) groups is 2. The molecule has 1 N–H and O–H groups in total. The smallest absolute Gasteiger partial charge is 0.348 e. The molecule has 1 atom stereocenters. The Morgan fingerprint density at radius 3 is 2.59 bits per heavy atom. The Hall–Kier alpha value is -2.26. The second-order valence-corrected chi connectivity index (χ2v) is 8.72. The molecule has 0 aromatic carbocycles.